The Hall–Kier alpha value is -2.75. The molecule has 4 rings (SSSR count). The van der Waals surface area contributed by atoms with Crippen molar-refractivity contribution in [3.05, 3.63) is 58.8 Å². The van der Waals surface area contributed by atoms with Crippen LogP contribution in [0.1, 0.15) is 39.2 Å². The molecular formula is C25H34N6O2S. The van der Waals surface area contributed by atoms with Gasteiger partial charge in [-0.05, 0) is 70.9 Å². The molecule has 182 valence electrons. The number of hydrogen-bond donors (Lipinski definition) is 3. The minimum Gasteiger partial charge on any atom is -0.378 e. The molecule has 1 aromatic carbocycles. The molecule has 34 heavy (non-hydrogen) atoms. The Balaban J connectivity index is 1.43. The van der Waals surface area contributed by atoms with Crippen LogP contribution in [0.3, 0.4) is 0 Å². The molecule has 1 aromatic heterocycles. The molecular weight excluding hydrogens is 448 g/mol. The summed E-state index contributed by atoms with van der Waals surface area (Å²) in [6.45, 7) is 11.4. The molecule has 2 heterocycles. The van der Waals surface area contributed by atoms with E-state index in [1.165, 1.54) is 5.69 Å². The van der Waals surface area contributed by atoms with Gasteiger partial charge in [0.15, 0.2) is 0 Å². The summed E-state index contributed by atoms with van der Waals surface area (Å²) in [4.78, 5) is 12.3. The number of rotatable bonds is 7. The van der Waals surface area contributed by atoms with Gasteiger partial charge >= 0.3 is 0 Å². The fourth-order valence-electron chi connectivity index (χ4n) is 3.72. The highest BCUT2D eigenvalue weighted by Crippen LogP contribution is 2.25. The van der Waals surface area contributed by atoms with Gasteiger partial charge in [-0.3, -0.25) is 0 Å². The van der Waals surface area contributed by atoms with Gasteiger partial charge in [0, 0.05) is 52.4 Å². The summed E-state index contributed by atoms with van der Waals surface area (Å²) in [5.41, 5.74) is 3.72. The number of aromatic nitrogens is 2. The van der Waals surface area contributed by atoms with Gasteiger partial charge in [0.2, 0.25) is 5.95 Å². The van der Waals surface area contributed by atoms with Crippen LogP contribution >= 0.6 is 0 Å². The average molecular weight is 483 g/mol. The highest BCUT2D eigenvalue weighted by atomic mass is 32.2. The largest absolute Gasteiger partial charge is 0.378 e. The number of nitrogens with zero attached hydrogens (tertiary/aromatic N) is 3. The SMILES string of the molecule is Cc1cnc(Nc2ccc(N3CCOCC3)cc2)nc1NC1=CCCC(S(=O)NC(C)(C)C)=C1. The van der Waals surface area contributed by atoms with E-state index in [1.54, 1.807) is 6.20 Å². The Labute approximate surface area is 204 Å². The van der Waals surface area contributed by atoms with Crippen LogP contribution in [-0.4, -0.2) is 46.0 Å². The lowest BCUT2D eigenvalue weighted by molar-refractivity contribution is 0.122. The van der Waals surface area contributed by atoms with Crippen LogP contribution in [0.5, 0.6) is 0 Å². The number of benzene rings is 1. The normalized spacial score (nSPS) is 17.6. The monoisotopic (exact) mass is 482 g/mol. The summed E-state index contributed by atoms with van der Waals surface area (Å²) >= 11 is 0. The smallest absolute Gasteiger partial charge is 0.229 e. The van der Waals surface area contributed by atoms with Crippen LogP contribution in [-0.2, 0) is 15.7 Å². The molecule has 1 atom stereocenters. The van der Waals surface area contributed by atoms with E-state index >= 15 is 0 Å². The van der Waals surface area contributed by atoms with Gasteiger partial charge in [0.05, 0.1) is 13.2 Å². The Morgan fingerprint density at radius 2 is 1.82 bits per heavy atom. The molecule has 0 amide bonds. The van der Waals surface area contributed by atoms with E-state index in [9.17, 15) is 4.21 Å². The van der Waals surface area contributed by atoms with Crippen molar-refractivity contribution in [1.82, 2.24) is 14.7 Å². The predicted octanol–water partition coefficient (Wildman–Crippen LogP) is 4.39. The van der Waals surface area contributed by atoms with Crippen LogP contribution in [0.4, 0.5) is 23.1 Å². The summed E-state index contributed by atoms with van der Waals surface area (Å²) in [5, 5.41) is 6.68. The zero-order valence-corrected chi connectivity index (χ0v) is 21.2. The second kappa shape index (κ2) is 10.7. The quantitative estimate of drug-likeness (QED) is 0.539. The lowest BCUT2D eigenvalue weighted by Gasteiger charge is -2.28. The van der Waals surface area contributed by atoms with Crippen molar-refractivity contribution in [2.24, 2.45) is 0 Å². The van der Waals surface area contributed by atoms with E-state index in [0.717, 1.165) is 66.8 Å². The summed E-state index contributed by atoms with van der Waals surface area (Å²) < 4.78 is 21.3. The molecule has 1 aliphatic carbocycles. The number of aryl methyl sites for hydroxylation is 1. The standard InChI is InChI=1S/C25H34N6O2S/c1-18-17-26-24(28-19-8-10-21(11-9-19)31-12-14-33-15-13-31)29-23(18)27-20-6-5-7-22(16-20)34(32)30-25(2,3)4/h6,8-11,16-17,30H,5,7,12-15H2,1-4H3,(H2,26,27,28,29). The van der Waals surface area contributed by atoms with E-state index in [1.807, 2.05) is 45.9 Å². The van der Waals surface area contributed by atoms with Gasteiger partial charge in [0.1, 0.15) is 16.8 Å². The molecule has 0 spiro atoms. The van der Waals surface area contributed by atoms with Gasteiger partial charge in [-0.1, -0.05) is 6.08 Å². The number of nitrogens with one attached hydrogen (secondary N) is 3. The highest BCUT2D eigenvalue weighted by Gasteiger charge is 2.19. The molecule has 1 aliphatic heterocycles. The van der Waals surface area contributed by atoms with Gasteiger partial charge < -0.3 is 20.3 Å². The average Bonchev–Trinajstić information content (AvgIpc) is 2.81. The number of allylic oxidation sites excluding steroid dienone is 3. The lowest BCUT2D eigenvalue weighted by atomic mass is 10.1. The molecule has 2 aromatic rings. The molecule has 8 nitrogen and oxygen atoms in total. The second-order valence-corrected chi connectivity index (χ2v) is 10.8. The topological polar surface area (TPSA) is 91.4 Å². The van der Waals surface area contributed by atoms with Crippen molar-refractivity contribution in [3.63, 3.8) is 0 Å². The molecule has 0 radical (unpaired) electrons. The number of hydrogen-bond acceptors (Lipinski definition) is 7. The Bertz CT molecular complexity index is 1090. The highest BCUT2D eigenvalue weighted by molar-refractivity contribution is 7.87. The Morgan fingerprint density at radius 3 is 2.53 bits per heavy atom. The number of morpholine rings is 1. The lowest BCUT2D eigenvalue weighted by Crippen LogP contribution is -2.37. The van der Waals surface area contributed by atoms with Crippen LogP contribution in [0.15, 0.2) is 53.2 Å². The molecule has 3 N–H and O–H groups in total. The molecule has 9 heteroatoms. The zero-order chi connectivity index (χ0) is 24.1. The van der Waals surface area contributed by atoms with Gasteiger partial charge in [0.25, 0.3) is 0 Å². The molecule has 2 aliphatic rings. The van der Waals surface area contributed by atoms with Crippen molar-refractivity contribution >= 4 is 34.1 Å². The van der Waals surface area contributed by atoms with Crippen LogP contribution in [0.25, 0.3) is 0 Å². The predicted molar refractivity (Wildman–Crippen MR) is 140 cm³/mol. The zero-order valence-electron chi connectivity index (χ0n) is 20.4. The van der Waals surface area contributed by atoms with E-state index in [2.05, 4.69) is 48.4 Å². The third-order valence-electron chi connectivity index (χ3n) is 5.44. The fraction of sp³-hybridized carbons (Fsp3) is 0.440. The first-order valence-electron chi connectivity index (χ1n) is 11.7. The summed E-state index contributed by atoms with van der Waals surface area (Å²) in [6, 6.07) is 8.28. The van der Waals surface area contributed by atoms with Gasteiger partial charge in [-0.25, -0.2) is 13.9 Å². The summed E-state index contributed by atoms with van der Waals surface area (Å²) in [5.74, 6) is 1.24. The third-order valence-corrected chi connectivity index (χ3v) is 7.04. The fourth-order valence-corrected chi connectivity index (χ4v) is 4.95. The maximum absolute atomic E-state index is 12.7. The first-order chi connectivity index (χ1) is 16.3. The maximum Gasteiger partial charge on any atom is 0.229 e. The van der Waals surface area contributed by atoms with Crippen molar-refractivity contribution in [3.8, 4) is 0 Å². The van der Waals surface area contributed by atoms with Crippen molar-refractivity contribution in [2.45, 2.75) is 46.1 Å². The van der Waals surface area contributed by atoms with E-state index in [0.29, 0.717) is 5.95 Å². The first kappa shape index (κ1) is 24.4. The van der Waals surface area contributed by atoms with Gasteiger partial charge in [-0.15, -0.1) is 0 Å². The first-order valence-corrected chi connectivity index (χ1v) is 12.8. The number of ether oxygens (including phenoxy) is 1. The third kappa shape index (κ3) is 6.65. The van der Waals surface area contributed by atoms with Crippen molar-refractivity contribution in [1.29, 1.82) is 0 Å². The minimum atomic E-state index is -1.22. The summed E-state index contributed by atoms with van der Waals surface area (Å²) in [7, 11) is -1.22. The van der Waals surface area contributed by atoms with Crippen LogP contribution < -0.4 is 20.3 Å². The Morgan fingerprint density at radius 1 is 1.09 bits per heavy atom. The van der Waals surface area contributed by atoms with Crippen molar-refractivity contribution < 1.29 is 8.95 Å². The van der Waals surface area contributed by atoms with Crippen molar-refractivity contribution in [2.75, 3.05) is 41.8 Å². The molecule has 0 bridgehead atoms. The van der Waals surface area contributed by atoms with Crippen LogP contribution in [0.2, 0.25) is 0 Å². The summed E-state index contributed by atoms with van der Waals surface area (Å²) in [6.07, 6.45) is 7.47. The van der Waals surface area contributed by atoms with Gasteiger partial charge in [-0.2, -0.15) is 4.98 Å². The molecule has 1 fully saturated rings. The molecule has 0 saturated carbocycles. The molecule has 1 saturated heterocycles. The minimum absolute atomic E-state index is 0.218. The van der Waals surface area contributed by atoms with Crippen LogP contribution in [0, 0.1) is 6.92 Å². The van der Waals surface area contributed by atoms with E-state index < -0.39 is 11.0 Å². The second-order valence-electron chi connectivity index (χ2n) is 9.55. The number of anilines is 4. The molecule has 1 unspecified atom stereocenters. The van der Waals surface area contributed by atoms with E-state index in [-0.39, 0.29) is 5.54 Å². The maximum atomic E-state index is 12.7. The Kier molecular flexibility index (Phi) is 7.65. The van der Waals surface area contributed by atoms with E-state index in [4.69, 9.17) is 4.74 Å².